The van der Waals surface area contributed by atoms with Gasteiger partial charge in [0.15, 0.2) is 0 Å². The van der Waals surface area contributed by atoms with Crippen LogP contribution in [0.2, 0.25) is 0 Å². The third-order valence-corrected chi connectivity index (χ3v) is 3.32. The zero-order chi connectivity index (χ0) is 11.8. The molecule has 1 amide bonds. The van der Waals surface area contributed by atoms with Gasteiger partial charge in [-0.25, -0.2) is 0 Å². The van der Waals surface area contributed by atoms with E-state index in [1.165, 1.54) is 0 Å². The van der Waals surface area contributed by atoms with Gasteiger partial charge in [0.1, 0.15) is 0 Å². The monoisotopic (exact) mass is 234 g/mol. The molecule has 4 nitrogen and oxygen atoms in total. The number of nitrogens with two attached hydrogens (primary N) is 1. The number of amides is 1. The third kappa shape index (κ3) is 7.50. The summed E-state index contributed by atoms with van der Waals surface area (Å²) in [7, 11) is -0.823. The Balaban J connectivity index is 3.69. The predicted octanol–water partition coefficient (Wildman–Crippen LogP) is 0.245. The molecule has 0 spiro atoms. The molecule has 0 saturated heterocycles. The molecule has 2 atom stereocenters. The highest BCUT2D eigenvalue weighted by Crippen LogP contribution is 2.02. The Bertz CT molecular complexity index is 219. The lowest BCUT2D eigenvalue weighted by molar-refractivity contribution is -0.122. The predicted molar refractivity (Wildman–Crippen MR) is 64.0 cm³/mol. The number of carbonyl (C=O) groups is 1. The topological polar surface area (TPSA) is 72.2 Å². The van der Waals surface area contributed by atoms with E-state index in [0.717, 1.165) is 0 Å². The summed E-state index contributed by atoms with van der Waals surface area (Å²) in [6.07, 6.45) is 0.683. The average Bonchev–Trinajstić information content (AvgIpc) is 2.16. The van der Waals surface area contributed by atoms with Gasteiger partial charge in [0.05, 0.1) is 6.04 Å². The second-order valence-electron chi connectivity index (χ2n) is 3.96. The minimum Gasteiger partial charge on any atom is -0.354 e. The molecule has 15 heavy (non-hydrogen) atoms. The van der Waals surface area contributed by atoms with E-state index in [-0.39, 0.29) is 5.91 Å². The van der Waals surface area contributed by atoms with Crippen molar-refractivity contribution in [2.24, 2.45) is 11.7 Å². The van der Waals surface area contributed by atoms with Gasteiger partial charge < -0.3 is 11.1 Å². The molecule has 0 aliphatic rings. The summed E-state index contributed by atoms with van der Waals surface area (Å²) < 4.78 is 11.1. The normalized spacial score (nSPS) is 15.0. The number of rotatable bonds is 7. The molecule has 3 N–H and O–H groups in total. The first kappa shape index (κ1) is 14.6. The van der Waals surface area contributed by atoms with E-state index in [0.29, 0.717) is 30.4 Å². The van der Waals surface area contributed by atoms with Gasteiger partial charge in [-0.2, -0.15) is 0 Å². The maximum Gasteiger partial charge on any atom is 0.236 e. The maximum atomic E-state index is 11.4. The van der Waals surface area contributed by atoms with Crippen molar-refractivity contribution < 1.29 is 9.00 Å². The van der Waals surface area contributed by atoms with Gasteiger partial charge in [0.25, 0.3) is 0 Å². The van der Waals surface area contributed by atoms with Crippen molar-refractivity contribution in [1.82, 2.24) is 5.32 Å². The van der Waals surface area contributed by atoms with Crippen molar-refractivity contribution in [2.75, 3.05) is 18.1 Å². The highest BCUT2D eigenvalue weighted by Gasteiger charge is 2.14. The van der Waals surface area contributed by atoms with E-state index in [9.17, 15) is 9.00 Å². The molecule has 0 aromatic carbocycles. The van der Waals surface area contributed by atoms with Crippen LogP contribution in [-0.4, -0.2) is 34.2 Å². The number of nitrogens with one attached hydrogen (secondary N) is 1. The smallest absolute Gasteiger partial charge is 0.236 e. The zero-order valence-electron chi connectivity index (χ0n) is 9.79. The van der Waals surface area contributed by atoms with Crippen molar-refractivity contribution in [3.63, 3.8) is 0 Å². The molecule has 5 heteroatoms. The first-order valence-electron chi connectivity index (χ1n) is 5.35. The molecule has 0 saturated carbocycles. The lowest BCUT2D eigenvalue weighted by Gasteiger charge is -2.13. The molecule has 0 aromatic rings. The second kappa shape index (κ2) is 7.82. The van der Waals surface area contributed by atoms with Gasteiger partial charge in [-0.3, -0.25) is 9.00 Å². The zero-order valence-corrected chi connectivity index (χ0v) is 10.6. The summed E-state index contributed by atoms with van der Waals surface area (Å²) in [4.78, 5) is 11.4. The maximum absolute atomic E-state index is 11.4. The van der Waals surface area contributed by atoms with Crippen LogP contribution in [0, 0.1) is 5.92 Å². The standard InChI is InChI=1S/C10H22N2O2S/c1-4-15(14)6-5-12-10(13)9(11)7-8(2)3/h8-9H,4-7,11H2,1-3H3,(H,12,13)/t9-,15?/m0/s1. The van der Waals surface area contributed by atoms with Gasteiger partial charge in [0, 0.05) is 28.9 Å². The van der Waals surface area contributed by atoms with Crippen LogP contribution in [0.15, 0.2) is 0 Å². The van der Waals surface area contributed by atoms with E-state index in [1.807, 2.05) is 20.8 Å². The van der Waals surface area contributed by atoms with E-state index in [4.69, 9.17) is 5.73 Å². The molecule has 0 aliphatic heterocycles. The Hall–Kier alpha value is -0.420. The van der Waals surface area contributed by atoms with Gasteiger partial charge in [-0.15, -0.1) is 0 Å². The van der Waals surface area contributed by atoms with Gasteiger partial charge in [-0.05, 0) is 12.3 Å². The van der Waals surface area contributed by atoms with E-state index < -0.39 is 16.8 Å². The minimum atomic E-state index is -0.823. The van der Waals surface area contributed by atoms with Crippen molar-refractivity contribution >= 4 is 16.7 Å². The van der Waals surface area contributed by atoms with Crippen LogP contribution in [0.1, 0.15) is 27.2 Å². The molecule has 0 rings (SSSR count). The van der Waals surface area contributed by atoms with Crippen molar-refractivity contribution in [1.29, 1.82) is 0 Å². The average molecular weight is 234 g/mol. The Morgan fingerprint density at radius 3 is 2.53 bits per heavy atom. The largest absolute Gasteiger partial charge is 0.354 e. The Morgan fingerprint density at radius 2 is 2.07 bits per heavy atom. The van der Waals surface area contributed by atoms with E-state index >= 15 is 0 Å². The first-order valence-corrected chi connectivity index (χ1v) is 6.84. The highest BCUT2D eigenvalue weighted by molar-refractivity contribution is 7.84. The second-order valence-corrected chi connectivity index (χ2v) is 5.82. The van der Waals surface area contributed by atoms with Crippen molar-refractivity contribution in [2.45, 2.75) is 33.2 Å². The summed E-state index contributed by atoms with van der Waals surface area (Å²) in [6.45, 7) is 6.37. The molecular formula is C10H22N2O2S. The van der Waals surface area contributed by atoms with Crippen LogP contribution in [0.25, 0.3) is 0 Å². The minimum absolute atomic E-state index is 0.142. The van der Waals surface area contributed by atoms with Crippen LogP contribution < -0.4 is 11.1 Å². The Labute approximate surface area is 94.4 Å². The Kier molecular flexibility index (Phi) is 7.60. The number of hydrogen-bond donors (Lipinski definition) is 2. The molecular weight excluding hydrogens is 212 g/mol. The number of hydrogen-bond acceptors (Lipinski definition) is 3. The summed E-state index contributed by atoms with van der Waals surface area (Å²) in [5, 5.41) is 2.70. The van der Waals surface area contributed by atoms with E-state index in [1.54, 1.807) is 0 Å². The molecule has 0 heterocycles. The fourth-order valence-corrected chi connectivity index (χ4v) is 1.80. The number of carbonyl (C=O) groups excluding carboxylic acids is 1. The molecule has 90 valence electrons. The lowest BCUT2D eigenvalue weighted by Crippen LogP contribution is -2.42. The van der Waals surface area contributed by atoms with Crippen LogP contribution in [0.5, 0.6) is 0 Å². The fraction of sp³-hybridized carbons (Fsp3) is 0.900. The van der Waals surface area contributed by atoms with Crippen molar-refractivity contribution in [3.05, 3.63) is 0 Å². The molecule has 0 aliphatic carbocycles. The Morgan fingerprint density at radius 1 is 1.47 bits per heavy atom. The van der Waals surface area contributed by atoms with E-state index in [2.05, 4.69) is 5.32 Å². The summed E-state index contributed by atoms with van der Waals surface area (Å²) in [6, 6.07) is -0.444. The third-order valence-electron chi connectivity index (χ3n) is 2.01. The molecule has 0 bridgehead atoms. The van der Waals surface area contributed by atoms with Crippen LogP contribution in [0.3, 0.4) is 0 Å². The summed E-state index contributed by atoms with van der Waals surface area (Å²) >= 11 is 0. The lowest BCUT2D eigenvalue weighted by atomic mass is 10.0. The molecule has 0 fully saturated rings. The van der Waals surface area contributed by atoms with Gasteiger partial charge >= 0.3 is 0 Å². The molecule has 1 unspecified atom stereocenters. The SMILES string of the molecule is CCS(=O)CCNC(=O)[C@@H](N)CC(C)C. The fourth-order valence-electron chi connectivity index (χ4n) is 1.18. The summed E-state index contributed by atoms with van der Waals surface area (Å²) in [5.41, 5.74) is 5.68. The summed E-state index contributed by atoms with van der Waals surface area (Å²) in [5.74, 6) is 1.41. The van der Waals surface area contributed by atoms with Crippen LogP contribution >= 0.6 is 0 Å². The quantitative estimate of drug-likeness (QED) is 0.663. The van der Waals surface area contributed by atoms with Gasteiger partial charge in [0.2, 0.25) is 5.91 Å². The first-order chi connectivity index (χ1) is 6.97. The molecule has 0 aromatic heterocycles. The van der Waals surface area contributed by atoms with Gasteiger partial charge in [-0.1, -0.05) is 20.8 Å². The van der Waals surface area contributed by atoms with Crippen LogP contribution in [0.4, 0.5) is 0 Å². The highest BCUT2D eigenvalue weighted by atomic mass is 32.2. The molecule has 0 radical (unpaired) electrons. The van der Waals surface area contributed by atoms with Crippen LogP contribution in [-0.2, 0) is 15.6 Å². The van der Waals surface area contributed by atoms with Crippen molar-refractivity contribution in [3.8, 4) is 0 Å².